The molecular weight excluding hydrogens is 432 g/mol. The van der Waals surface area contributed by atoms with Crippen LogP contribution in [0.2, 0.25) is 0 Å². The number of hydrogen-bond donors (Lipinski definition) is 1. The molecule has 178 valence electrons. The Morgan fingerprint density at radius 1 is 0.912 bits per heavy atom. The number of ether oxygens (including phenoxy) is 2. The molecule has 2 unspecified atom stereocenters. The highest BCUT2D eigenvalue weighted by Gasteiger charge is 2.47. The first-order chi connectivity index (χ1) is 16.4. The first-order valence-electron chi connectivity index (χ1n) is 11.2. The van der Waals surface area contributed by atoms with Gasteiger partial charge < -0.3 is 15.2 Å². The highest BCUT2D eigenvalue weighted by Crippen LogP contribution is 2.31. The van der Waals surface area contributed by atoms with Gasteiger partial charge >= 0.3 is 5.97 Å². The van der Waals surface area contributed by atoms with Crippen molar-refractivity contribution in [1.82, 2.24) is 4.90 Å². The lowest BCUT2D eigenvalue weighted by molar-refractivity contribution is -0.155. The Bertz CT molecular complexity index is 994. The van der Waals surface area contributed by atoms with Crippen molar-refractivity contribution in [2.24, 2.45) is 11.7 Å². The van der Waals surface area contributed by atoms with Crippen LogP contribution in [-0.4, -0.2) is 47.9 Å². The van der Waals surface area contributed by atoms with E-state index in [4.69, 9.17) is 15.2 Å². The Labute approximate surface area is 199 Å². The monoisotopic (exact) mass is 462 g/mol. The second-order valence-corrected chi connectivity index (χ2v) is 8.15. The molecule has 0 saturated heterocycles. The number of nitrogens with zero attached hydrogens (tertiary/aromatic N) is 1. The summed E-state index contributed by atoms with van der Waals surface area (Å²) in [5, 5.41) is 0. The van der Waals surface area contributed by atoms with Crippen LogP contribution in [0.1, 0.15) is 18.1 Å². The van der Waals surface area contributed by atoms with Gasteiger partial charge in [-0.2, -0.15) is 0 Å². The number of hydrogen-bond acceptors (Lipinski definition) is 6. The van der Waals surface area contributed by atoms with Crippen LogP contribution < -0.4 is 5.73 Å². The molecule has 0 aromatic heterocycles. The second-order valence-electron chi connectivity index (χ2n) is 8.15. The topological polar surface area (TPSA) is 98.9 Å². The van der Waals surface area contributed by atoms with Gasteiger partial charge in [0.1, 0.15) is 6.61 Å². The minimum atomic E-state index is -1.58. The minimum absolute atomic E-state index is 0.0271. The number of carbonyl (C=O) groups excluding carboxylic acids is 3. The number of allylic oxidation sites excluding steroid dienone is 2. The summed E-state index contributed by atoms with van der Waals surface area (Å²) in [7, 11) is 0. The van der Waals surface area contributed by atoms with Gasteiger partial charge in [-0.15, -0.1) is 0 Å². The van der Waals surface area contributed by atoms with Gasteiger partial charge in [0.2, 0.25) is 5.91 Å². The Balaban J connectivity index is 1.85. The fraction of sp³-hybridized carbons (Fsp3) is 0.296. The Kier molecular flexibility index (Phi) is 8.90. The van der Waals surface area contributed by atoms with Crippen molar-refractivity contribution in [2.75, 3.05) is 19.8 Å². The first kappa shape index (κ1) is 25.1. The molecular formula is C27H30N2O5. The van der Waals surface area contributed by atoms with Gasteiger partial charge in [-0.3, -0.25) is 19.3 Å². The fourth-order valence-corrected chi connectivity index (χ4v) is 3.98. The van der Waals surface area contributed by atoms with Gasteiger partial charge in [-0.1, -0.05) is 78.9 Å². The lowest BCUT2D eigenvalue weighted by Crippen LogP contribution is -2.55. The molecule has 2 N–H and O–H groups in total. The van der Waals surface area contributed by atoms with E-state index in [-0.39, 0.29) is 25.5 Å². The number of nitrogens with two attached hydrogens (primary N) is 1. The molecule has 7 nitrogen and oxygen atoms in total. The SMILES string of the molecule is CC(=O)OCCOC1(C(=O)CN(Cc2ccccc2)Cc2ccccc2)C=CC=CC1C(N)=O. The van der Waals surface area contributed by atoms with Crippen molar-refractivity contribution < 1.29 is 23.9 Å². The zero-order chi connectivity index (χ0) is 24.4. The molecule has 7 heteroatoms. The van der Waals surface area contributed by atoms with Crippen LogP contribution in [0, 0.1) is 5.92 Å². The Morgan fingerprint density at radius 2 is 1.50 bits per heavy atom. The van der Waals surface area contributed by atoms with E-state index in [9.17, 15) is 14.4 Å². The summed E-state index contributed by atoms with van der Waals surface area (Å²) in [4.78, 5) is 39.2. The molecule has 1 aliphatic rings. The summed E-state index contributed by atoms with van der Waals surface area (Å²) in [5.74, 6) is -2.39. The lowest BCUT2D eigenvalue weighted by Gasteiger charge is -2.37. The van der Waals surface area contributed by atoms with Crippen molar-refractivity contribution in [1.29, 1.82) is 0 Å². The molecule has 0 spiro atoms. The largest absolute Gasteiger partial charge is 0.463 e. The molecule has 3 rings (SSSR count). The van der Waals surface area contributed by atoms with Gasteiger partial charge in [-0.25, -0.2) is 0 Å². The Hall–Kier alpha value is -3.55. The van der Waals surface area contributed by atoms with E-state index in [1.165, 1.54) is 6.92 Å². The minimum Gasteiger partial charge on any atom is -0.463 e. The molecule has 2 aromatic rings. The first-order valence-corrected chi connectivity index (χ1v) is 11.2. The molecule has 0 heterocycles. The number of amides is 1. The van der Waals surface area contributed by atoms with E-state index < -0.39 is 23.4 Å². The zero-order valence-corrected chi connectivity index (χ0v) is 19.3. The lowest BCUT2D eigenvalue weighted by atomic mass is 9.79. The Morgan fingerprint density at radius 3 is 2.03 bits per heavy atom. The molecule has 0 radical (unpaired) electrons. The third-order valence-corrected chi connectivity index (χ3v) is 5.56. The number of primary amides is 1. The van der Waals surface area contributed by atoms with Crippen LogP contribution in [0.25, 0.3) is 0 Å². The maximum atomic E-state index is 13.8. The number of rotatable bonds is 12. The van der Waals surface area contributed by atoms with Gasteiger partial charge in [0.15, 0.2) is 11.4 Å². The van der Waals surface area contributed by atoms with Crippen LogP contribution in [0.3, 0.4) is 0 Å². The van der Waals surface area contributed by atoms with E-state index in [1.807, 2.05) is 65.6 Å². The second kappa shape index (κ2) is 12.1. The van der Waals surface area contributed by atoms with E-state index in [2.05, 4.69) is 0 Å². The number of benzene rings is 2. The molecule has 0 aliphatic heterocycles. The standard InChI is InChI=1S/C27H30N2O5/c1-21(30)33-16-17-34-27(15-9-8-14-24(27)26(28)32)25(31)20-29(18-22-10-4-2-5-11-22)19-23-12-6-3-7-13-23/h2-15,24H,16-20H2,1H3,(H2,28,32). The highest BCUT2D eigenvalue weighted by molar-refractivity contribution is 5.98. The predicted octanol–water partition coefficient (Wildman–Crippen LogP) is 2.80. The van der Waals surface area contributed by atoms with Crippen LogP contribution in [0.15, 0.2) is 85.0 Å². The summed E-state index contributed by atoms with van der Waals surface area (Å²) in [6, 6.07) is 19.7. The average molecular weight is 463 g/mol. The quantitative estimate of drug-likeness (QED) is 0.385. The van der Waals surface area contributed by atoms with E-state index >= 15 is 0 Å². The third-order valence-electron chi connectivity index (χ3n) is 5.56. The number of esters is 1. The summed E-state index contributed by atoms with van der Waals surface area (Å²) < 4.78 is 10.9. The summed E-state index contributed by atoms with van der Waals surface area (Å²) >= 11 is 0. The van der Waals surface area contributed by atoms with Crippen molar-refractivity contribution in [3.05, 3.63) is 96.1 Å². The summed E-state index contributed by atoms with van der Waals surface area (Å²) in [6.45, 7) is 2.30. The normalized spacial score (nSPS) is 19.2. The van der Waals surface area contributed by atoms with Crippen LogP contribution in [0.4, 0.5) is 0 Å². The van der Waals surface area contributed by atoms with Gasteiger partial charge in [0.25, 0.3) is 0 Å². The summed E-state index contributed by atoms with van der Waals surface area (Å²) in [6.07, 6.45) is 6.48. The van der Waals surface area contributed by atoms with Gasteiger partial charge in [0, 0.05) is 20.0 Å². The van der Waals surface area contributed by atoms with Crippen molar-refractivity contribution >= 4 is 17.7 Å². The molecule has 2 atom stereocenters. The van der Waals surface area contributed by atoms with Crippen molar-refractivity contribution in [2.45, 2.75) is 25.6 Å². The van der Waals surface area contributed by atoms with Crippen LogP contribution >= 0.6 is 0 Å². The maximum Gasteiger partial charge on any atom is 0.302 e. The van der Waals surface area contributed by atoms with Gasteiger partial charge in [0.05, 0.1) is 19.1 Å². The molecule has 0 bridgehead atoms. The van der Waals surface area contributed by atoms with E-state index in [0.29, 0.717) is 13.1 Å². The number of carbonyl (C=O) groups is 3. The van der Waals surface area contributed by atoms with Crippen molar-refractivity contribution in [3.63, 3.8) is 0 Å². The van der Waals surface area contributed by atoms with Crippen LogP contribution in [0.5, 0.6) is 0 Å². The van der Waals surface area contributed by atoms with Crippen LogP contribution in [-0.2, 0) is 36.9 Å². The molecule has 34 heavy (non-hydrogen) atoms. The van der Waals surface area contributed by atoms with E-state index in [1.54, 1.807) is 24.3 Å². The molecule has 2 aromatic carbocycles. The summed E-state index contributed by atoms with van der Waals surface area (Å²) in [5.41, 5.74) is 6.19. The smallest absolute Gasteiger partial charge is 0.302 e. The van der Waals surface area contributed by atoms with E-state index in [0.717, 1.165) is 11.1 Å². The average Bonchev–Trinajstić information content (AvgIpc) is 2.83. The zero-order valence-electron chi connectivity index (χ0n) is 19.3. The maximum absolute atomic E-state index is 13.8. The third kappa shape index (κ3) is 6.73. The number of ketones is 1. The van der Waals surface area contributed by atoms with Crippen molar-refractivity contribution in [3.8, 4) is 0 Å². The number of Topliss-reactive ketones (excluding diaryl/α,β-unsaturated/α-hetero) is 1. The molecule has 0 saturated carbocycles. The van der Waals surface area contributed by atoms with Gasteiger partial charge in [-0.05, 0) is 17.2 Å². The molecule has 1 amide bonds. The fourth-order valence-electron chi connectivity index (χ4n) is 3.98. The highest BCUT2D eigenvalue weighted by atomic mass is 16.6. The molecule has 1 aliphatic carbocycles. The predicted molar refractivity (Wildman–Crippen MR) is 128 cm³/mol. The molecule has 0 fully saturated rings.